The van der Waals surface area contributed by atoms with Crippen LogP contribution in [0.3, 0.4) is 0 Å². The van der Waals surface area contributed by atoms with Crippen LogP contribution in [0.15, 0.2) is 51.8 Å². The van der Waals surface area contributed by atoms with E-state index in [1.54, 1.807) is 6.07 Å². The van der Waals surface area contributed by atoms with Crippen molar-refractivity contribution in [1.82, 2.24) is 0 Å². The second-order valence-corrected chi connectivity index (χ2v) is 7.51. The Morgan fingerprint density at radius 2 is 1.96 bits per heavy atom. The monoisotopic (exact) mass is 437 g/mol. The predicted octanol–water partition coefficient (Wildman–Crippen LogP) is 3.96. The maximum Gasteiger partial charge on any atom is 0.266 e. The first kappa shape index (κ1) is 19.0. The highest BCUT2D eigenvalue weighted by Crippen LogP contribution is 2.31. The highest BCUT2D eigenvalue weighted by Gasteiger charge is 2.28. The molecule has 0 saturated heterocycles. The molecule has 0 aliphatic carbocycles. The fourth-order valence-corrected chi connectivity index (χ4v) is 3.88. The first-order valence-electron chi connectivity index (χ1n) is 6.66. The zero-order valence-corrected chi connectivity index (χ0v) is 15.7. The Bertz CT molecular complexity index is 819. The molecule has 0 amide bonds. The topological polar surface area (TPSA) is 55.8 Å². The van der Waals surface area contributed by atoms with Gasteiger partial charge in [0.1, 0.15) is 12.5 Å². The number of rotatable bonds is 7. The Kier molecular flexibility index (Phi) is 6.45. The van der Waals surface area contributed by atoms with Crippen LogP contribution in [0.1, 0.15) is 0 Å². The molecule has 0 aliphatic rings. The van der Waals surface area contributed by atoms with Crippen molar-refractivity contribution in [2.24, 2.45) is 0 Å². The minimum absolute atomic E-state index is 0.0680. The molecule has 2 aromatic rings. The summed E-state index contributed by atoms with van der Waals surface area (Å²) in [6, 6.07) is 10.0. The third kappa shape index (κ3) is 4.00. The predicted molar refractivity (Wildman–Crippen MR) is 93.4 cm³/mol. The highest BCUT2D eigenvalue weighted by atomic mass is 79.9. The number of nitrogens with zero attached hydrogens (tertiary/aromatic N) is 1. The Hall–Kier alpha value is -1.35. The van der Waals surface area contributed by atoms with Gasteiger partial charge in [-0.1, -0.05) is 23.7 Å². The number of hydrogen-bond donors (Lipinski definition) is 0. The summed E-state index contributed by atoms with van der Waals surface area (Å²) in [5.41, 5.74) is -0.130. The Morgan fingerprint density at radius 3 is 2.62 bits per heavy atom. The van der Waals surface area contributed by atoms with E-state index < -0.39 is 15.8 Å². The molecule has 5 nitrogen and oxygen atoms in total. The highest BCUT2D eigenvalue weighted by molar-refractivity contribution is 9.10. The number of hydrogen-bond acceptors (Lipinski definition) is 4. The molecule has 9 heteroatoms. The van der Waals surface area contributed by atoms with Crippen LogP contribution in [0.5, 0.6) is 5.75 Å². The van der Waals surface area contributed by atoms with Gasteiger partial charge in [0.15, 0.2) is 11.9 Å². The molecule has 0 atom stereocenters. The van der Waals surface area contributed by atoms with Crippen molar-refractivity contribution in [3.05, 3.63) is 52.8 Å². The molecule has 0 fully saturated rings. The molecule has 0 N–H and O–H groups in total. The molecule has 0 bridgehead atoms. The molecule has 0 unspecified atom stereocenters. The molecule has 0 heterocycles. The normalized spacial score (nSPS) is 11.3. The molecule has 24 heavy (non-hydrogen) atoms. The van der Waals surface area contributed by atoms with Crippen LogP contribution in [0, 0.1) is 5.82 Å². The molecule has 0 aromatic heterocycles. The number of sulfonamides is 1. The first-order valence-corrected chi connectivity index (χ1v) is 9.43. The van der Waals surface area contributed by atoms with Gasteiger partial charge in [-0.2, -0.15) is 0 Å². The summed E-state index contributed by atoms with van der Waals surface area (Å²) in [5, 5.41) is 0. The molecule has 130 valence electrons. The first-order chi connectivity index (χ1) is 11.4. The van der Waals surface area contributed by atoms with Crippen molar-refractivity contribution >= 4 is 43.2 Å². The Balaban J connectivity index is 2.53. The van der Waals surface area contributed by atoms with E-state index >= 15 is 0 Å². The fraction of sp³-hybridized carbons (Fsp3) is 0.200. The number of alkyl halides is 1. The maximum absolute atomic E-state index is 14.4. The number of halogens is 3. The average molecular weight is 439 g/mol. The summed E-state index contributed by atoms with van der Waals surface area (Å²) >= 11 is 8.54. The van der Waals surface area contributed by atoms with Gasteiger partial charge in [0.2, 0.25) is 0 Å². The number of methoxy groups -OCH3 is 1. The lowest BCUT2D eigenvalue weighted by atomic mass is 10.3. The molecule has 0 aliphatic heterocycles. The molecule has 2 rings (SSSR count). The summed E-state index contributed by atoms with van der Waals surface area (Å²) in [4.78, 5) is -0.0680. The molecule has 0 radical (unpaired) electrons. The minimum Gasteiger partial charge on any atom is -0.478 e. The van der Waals surface area contributed by atoms with Crippen molar-refractivity contribution in [3.63, 3.8) is 0 Å². The Morgan fingerprint density at radius 1 is 1.25 bits per heavy atom. The number of benzene rings is 2. The van der Waals surface area contributed by atoms with Gasteiger partial charge < -0.3 is 9.47 Å². The molecule has 2 aromatic carbocycles. The van der Waals surface area contributed by atoms with Crippen molar-refractivity contribution in [2.45, 2.75) is 4.90 Å². The van der Waals surface area contributed by atoms with Crippen molar-refractivity contribution in [1.29, 1.82) is 0 Å². The summed E-state index contributed by atoms with van der Waals surface area (Å²) in [6.45, 7) is -0.351. The largest absolute Gasteiger partial charge is 0.478 e. The van der Waals surface area contributed by atoms with Crippen LogP contribution in [0.4, 0.5) is 10.1 Å². The maximum atomic E-state index is 14.4. The molecular weight excluding hydrogens is 425 g/mol. The van der Waals surface area contributed by atoms with Crippen LogP contribution < -0.4 is 9.04 Å². The summed E-state index contributed by atoms with van der Waals surface area (Å²) < 4.78 is 51.2. The van der Waals surface area contributed by atoms with E-state index in [2.05, 4.69) is 15.9 Å². The lowest BCUT2D eigenvalue weighted by molar-refractivity contribution is 0.209. The molecular formula is C15H14BrClFNO4S. The average Bonchev–Trinajstić information content (AvgIpc) is 2.56. The van der Waals surface area contributed by atoms with Gasteiger partial charge in [-0.15, -0.1) is 0 Å². The lowest BCUT2D eigenvalue weighted by Gasteiger charge is -2.24. The zero-order valence-electron chi connectivity index (χ0n) is 12.6. The van der Waals surface area contributed by atoms with E-state index in [0.29, 0.717) is 0 Å². The fourth-order valence-electron chi connectivity index (χ4n) is 1.99. The van der Waals surface area contributed by atoms with Crippen LogP contribution in [-0.2, 0) is 14.8 Å². The van der Waals surface area contributed by atoms with Gasteiger partial charge >= 0.3 is 0 Å². The second-order valence-electron chi connectivity index (χ2n) is 4.57. The van der Waals surface area contributed by atoms with Crippen molar-refractivity contribution in [3.8, 4) is 5.75 Å². The van der Waals surface area contributed by atoms with Crippen molar-refractivity contribution < 1.29 is 22.3 Å². The second kappa shape index (κ2) is 8.15. The SMILES string of the molecule is COCN(c1cccc(Br)c1F)S(=O)(=O)c1cccc(OCCl)c1. The molecule has 0 spiro atoms. The van der Waals surface area contributed by atoms with E-state index in [1.807, 2.05) is 0 Å². The smallest absolute Gasteiger partial charge is 0.266 e. The van der Waals surface area contributed by atoms with E-state index in [9.17, 15) is 12.8 Å². The van der Waals surface area contributed by atoms with E-state index in [-0.39, 0.29) is 33.6 Å². The summed E-state index contributed by atoms with van der Waals surface area (Å²) in [6.07, 6.45) is 0. The van der Waals surface area contributed by atoms with E-state index in [4.69, 9.17) is 21.1 Å². The van der Waals surface area contributed by atoms with Gasteiger partial charge in [-0.3, -0.25) is 0 Å². The third-order valence-electron chi connectivity index (χ3n) is 3.06. The minimum atomic E-state index is -4.07. The van der Waals surface area contributed by atoms with Gasteiger partial charge in [-0.25, -0.2) is 17.1 Å². The van der Waals surface area contributed by atoms with Gasteiger partial charge in [0.25, 0.3) is 10.0 Å². The van der Waals surface area contributed by atoms with Gasteiger partial charge in [-0.05, 0) is 40.2 Å². The van der Waals surface area contributed by atoms with Gasteiger partial charge in [0.05, 0.1) is 15.1 Å². The third-order valence-corrected chi connectivity index (χ3v) is 5.51. The standard InChI is InChI=1S/C15H14BrClFNO4S/c1-22-10-19(14-7-3-6-13(16)15(14)18)24(20,21)12-5-2-4-11(8-12)23-9-17/h2-8H,9-10H2,1H3. The summed E-state index contributed by atoms with van der Waals surface area (Å²) in [5.74, 6) is -0.413. The number of ether oxygens (including phenoxy) is 2. The zero-order chi connectivity index (χ0) is 17.7. The van der Waals surface area contributed by atoms with Gasteiger partial charge in [0, 0.05) is 13.2 Å². The summed E-state index contributed by atoms with van der Waals surface area (Å²) in [7, 11) is -2.75. The quantitative estimate of drug-likeness (QED) is 0.485. The van der Waals surface area contributed by atoms with Crippen molar-refractivity contribution in [2.75, 3.05) is 24.2 Å². The lowest BCUT2D eigenvalue weighted by Crippen LogP contribution is -2.33. The van der Waals surface area contributed by atoms with E-state index in [1.165, 1.54) is 43.5 Å². The molecule has 0 saturated carbocycles. The number of anilines is 1. The van der Waals surface area contributed by atoms with E-state index in [0.717, 1.165) is 4.31 Å². The van der Waals surface area contributed by atoms with Crippen LogP contribution in [0.25, 0.3) is 0 Å². The van der Waals surface area contributed by atoms with Crippen LogP contribution in [-0.4, -0.2) is 28.3 Å². The van der Waals surface area contributed by atoms with Crippen LogP contribution in [0.2, 0.25) is 0 Å². The Labute approximate surface area is 153 Å². The van der Waals surface area contributed by atoms with Crippen LogP contribution >= 0.6 is 27.5 Å².